The third-order valence-electron chi connectivity index (χ3n) is 4.58. The SMILES string of the molecule is COc1cc(/C(C)=N\N(Cc2ccccc2)c2ccccc2)cc(OC)c1OC. The Labute approximate surface area is 172 Å². The molecule has 0 fully saturated rings. The zero-order valence-corrected chi connectivity index (χ0v) is 17.3. The largest absolute Gasteiger partial charge is 0.493 e. The highest BCUT2D eigenvalue weighted by atomic mass is 16.5. The molecule has 150 valence electrons. The molecule has 0 aliphatic heterocycles. The smallest absolute Gasteiger partial charge is 0.203 e. The molecule has 0 saturated heterocycles. The Morgan fingerprint density at radius 1 is 0.793 bits per heavy atom. The summed E-state index contributed by atoms with van der Waals surface area (Å²) in [6, 6.07) is 24.2. The fourth-order valence-electron chi connectivity index (χ4n) is 3.07. The van der Waals surface area contributed by atoms with Crippen LogP contribution in [-0.4, -0.2) is 27.0 Å². The minimum atomic E-state index is 0.566. The first-order valence-electron chi connectivity index (χ1n) is 9.38. The Bertz CT molecular complexity index is 931. The summed E-state index contributed by atoms with van der Waals surface area (Å²) in [5.41, 5.74) is 3.93. The van der Waals surface area contributed by atoms with Crippen molar-refractivity contribution in [1.29, 1.82) is 0 Å². The maximum absolute atomic E-state index is 5.48. The molecule has 3 aromatic rings. The van der Waals surface area contributed by atoms with Crippen LogP contribution in [-0.2, 0) is 6.54 Å². The van der Waals surface area contributed by atoms with Crippen molar-refractivity contribution in [2.24, 2.45) is 5.10 Å². The molecule has 5 heteroatoms. The summed E-state index contributed by atoms with van der Waals surface area (Å²) >= 11 is 0. The van der Waals surface area contributed by atoms with Crippen molar-refractivity contribution in [2.45, 2.75) is 13.5 Å². The van der Waals surface area contributed by atoms with Gasteiger partial charge in [0.2, 0.25) is 5.75 Å². The van der Waals surface area contributed by atoms with Crippen molar-refractivity contribution < 1.29 is 14.2 Å². The van der Waals surface area contributed by atoms with Gasteiger partial charge in [-0.2, -0.15) is 5.10 Å². The molecule has 3 rings (SSSR count). The van der Waals surface area contributed by atoms with Gasteiger partial charge in [-0.25, -0.2) is 0 Å². The molecule has 0 unspecified atom stereocenters. The molecule has 0 spiro atoms. The van der Waals surface area contributed by atoms with E-state index < -0.39 is 0 Å². The maximum atomic E-state index is 5.48. The second kappa shape index (κ2) is 9.64. The van der Waals surface area contributed by atoms with Gasteiger partial charge in [0.05, 0.1) is 39.3 Å². The van der Waals surface area contributed by atoms with Crippen molar-refractivity contribution in [3.8, 4) is 17.2 Å². The molecule has 0 saturated carbocycles. The number of hydrogen-bond donors (Lipinski definition) is 0. The number of rotatable bonds is 8. The Kier molecular flexibility index (Phi) is 6.74. The third kappa shape index (κ3) is 4.88. The van der Waals surface area contributed by atoms with Gasteiger partial charge >= 0.3 is 0 Å². The van der Waals surface area contributed by atoms with E-state index in [1.807, 2.05) is 60.5 Å². The van der Waals surface area contributed by atoms with Crippen LogP contribution in [0.1, 0.15) is 18.1 Å². The van der Waals surface area contributed by atoms with Crippen LogP contribution in [0.25, 0.3) is 0 Å². The number of anilines is 1. The van der Waals surface area contributed by atoms with Crippen LogP contribution < -0.4 is 19.2 Å². The first-order chi connectivity index (χ1) is 14.2. The fourth-order valence-corrected chi connectivity index (χ4v) is 3.07. The highest BCUT2D eigenvalue weighted by molar-refractivity contribution is 6.00. The van der Waals surface area contributed by atoms with Gasteiger partial charge in [0.1, 0.15) is 0 Å². The average molecular weight is 390 g/mol. The molecular formula is C24H26N2O3. The number of methoxy groups -OCH3 is 3. The number of ether oxygens (including phenoxy) is 3. The van der Waals surface area contributed by atoms with Gasteiger partial charge < -0.3 is 14.2 Å². The van der Waals surface area contributed by atoms with Crippen molar-refractivity contribution >= 4 is 11.4 Å². The fraction of sp³-hybridized carbons (Fsp3) is 0.208. The van der Waals surface area contributed by atoms with E-state index in [0.29, 0.717) is 23.8 Å². The topological polar surface area (TPSA) is 43.3 Å². The molecule has 0 aliphatic carbocycles. The van der Waals surface area contributed by atoms with Crippen molar-refractivity contribution in [3.05, 3.63) is 83.9 Å². The summed E-state index contributed by atoms with van der Waals surface area (Å²) in [6.45, 7) is 2.63. The van der Waals surface area contributed by atoms with Crippen LogP contribution in [0.5, 0.6) is 17.2 Å². The van der Waals surface area contributed by atoms with Crippen LogP contribution >= 0.6 is 0 Å². The molecule has 0 aromatic heterocycles. The molecule has 29 heavy (non-hydrogen) atoms. The predicted molar refractivity (Wildman–Crippen MR) is 117 cm³/mol. The lowest BCUT2D eigenvalue weighted by Crippen LogP contribution is -2.18. The molecule has 0 bridgehead atoms. The van der Waals surface area contributed by atoms with Crippen LogP contribution in [0.4, 0.5) is 5.69 Å². The molecule has 0 aliphatic rings. The van der Waals surface area contributed by atoms with Gasteiger partial charge in [-0.15, -0.1) is 0 Å². The minimum Gasteiger partial charge on any atom is -0.493 e. The summed E-state index contributed by atoms with van der Waals surface area (Å²) in [5, 5.41) is 6.91. The number of nitrogens with zero attached hydrogens (tertiary/aromatic N) is 2. The van der Waals surface area contributed by atoms with Gasteiger partial charge in [0.25, 0.3) is 0 Å². The summed E-state index contributed by atoms with van der Waals surface area (Å²) in [7, 11) is 4.82. The summed E-state index contributed by atoms with van der Waals surface area (Å²) < 4.78 is 16.4. The van der Waals surface area contributed by atoms with E-state index in [1.54, 1.807) is 21.3 Å². The van der Waals surface area contributed by atoms with Gasteiger partial charge in [0.15, 0.2) is 11.5 Å². The number of hydrazone groups is 1. The molecule has 0 atom stereocenters. The van der Waals surface area contributed by atoms with Crippen molar-refractivity contribution in [1.82, 2.24) is 0 Å². The molecule has 5 nitrogen and oxygen atoms in total. The van der Waals surface area contributed by atoms with Crippen molar-refractivity contribution in [3.63, 3.8) is 0 Å². The summed E-state index contributed by atoms with van der Waals surface area (Å²) in [6.07, 6.45) is 0. The van der Waals surface area contributed by atoms with Gasteiger partial charge in [-0.3, -0.25) is 5.01 Å². The summed E-state index contributed by atoms with van der Waals surface area (Å²) in [5.74, 6) is 1.77. The Morgan fingerprint density at radius 3 is 1.86 bits per heavy atom. The third-order valence-corrected chi connectivity index (χ3v) is 4.58. The predicted octanol–water partition coefficient (Wildman–Crippen LogP) is 5.14. The van der Waals surface area contributed by atoms with E-state index in [9.17, 15) is 0 Å². The van der Waals surface area contributed by atoms with Crippen molar-refractivity contribution in [2.75, 3.05) is 26.3 Å². The highest BCUT2D eigenvalue weighted by Gasteiger charge is 2.15. The zero-order valence-electron chi connectivity index (χ0n) is 17.3. The Morgan fingerprint density at radius 2 is 1.34 bits per heavy atom. The molecule has 0 amide bonds. The number of benzene rings is 3. The molecular weight excluding hydrogens is 364 g/mol. The molecule has 0 radical (unpaired) electrons. The van der Waals surface area contributed by atoms with Gasteiger partial charge in [-0.1, -0.05) is 48.5 Å². The van der Waals surface area contributed by atoms with E-state index >= 15 is 0 Å². The quantitative estimate of drug-likeness (QED) is 0.394. The normalized spacial score (nSPS) is 11.1. The van der Waals surface area contributed by atoms with Crippen LogP contribution in [0.3, 0.4) is 0 Å². The Hall–Kier alpha value is -3.47. The lowest BCUT2D eigenvalue weighted by molar-refractivity contribution is 0.324. The minimum absolute atomic E-state index is 0.566. The summed E-state index contributed by atoms with van der Waals surface area (Å²) in [4.78, 5) is 0. The van der Waals surface area contributed by atoms with Crippen LogP contribution in [0.15, 0.2) is 77.9 Å². The van der Waals surface area contributed by atoms with E-state index in [-0.39, 0.29) is 0 Å². The van der Waals surface area contributed by atoms with E-state index in [0.717, 1.165) is 17.0 Å². The van der Waals surface area contributed by atoms with E-state index in [4.69, 9.17) is 19.3 Å². The second-order valence-electron chi connectivity index (χ2n) is 6.48. The highest BCUT2D eigenvalue weighted by Crippen LogP contribution is 2.38. The monoisotopic (exact) mass is 390 g/mol. The van der Waals surface area contributed by atoms with Gasteiger partial charge in [-0.05, 0) is 36.8 Å². The standard InChI is InChI=1S/C24H26N2O3/c1-18(20-15-22(27-2)24(29-4)23(16-20)28-3)25-26(21-13-9-6-10-14-21)17-19-11-7-5-8-12-19/h5-16H,17H2,1-4H3/b25-18-. The van der Waals surface area contributed by atoms with E-state index in [1.165, 1.54) is 5.56 Å². The maximum Gasteiger partial charge on any atom is 0.203 e. The zero-order chi connectivity index (χ0) is 20.6. The lowest BCUT2D eigenvalue weighted by Gasteiger charge is -2.21. The Balaban J connectivity index is 2.01. The second-order valence-corrected chi connectivity index (χ2v) is 6.48. The van der Waals surface area contributed by atoms with Gasteiger partial charge in [0, 0.05) is 5.56 Å². The first kappa shape index (κ1) is 20.3. The number of hydrogen-bond acceptors (Lipinski definition) is 5. The van der Waals surface area contributed by atoms with Crippen LogP contribution in [0, 0.1) is 0 Å². The lowest BCUT2D eigenvalue weighted by atomic mass is 10.1. The average Bonchev–Trinajstić information content (AvgIpc) is 2.78. The molecule has 0 N–H and O–H groups in total. The molecule has 0 heterocycles. The number of para-hydroxylation sites is 1. The van der Waals surface area contributed by atoms with Crippen LogP contribution in [0.2, 0.25) is 0 Å². The molecule has 3 aromatic carbocycles. The van der Waals surface area contributed by atoms with E-state index in [2.05, 4.69) is 24.3 Å². The first-order valence-corrected chi connectivity index (χ1v) is 9.38.